The van der Waals surface area contributed by atoms with E-state index in [1.54, 1.807) is 12.1 Å². The first-order valence-corrected chi connectivity index (χ1v) is 9.32. The molecule has 5 heteroatoms. The van der Waals surface area contributed by atoms with Crippen LogP contribution in [0, 0.1) is 0 Å². The zero-order valence-electron chi connectivity index (χ0n) is 16.0. The van der Waals surface area contributed by atoms with E-state index >= 15 is 0 Å². The maximum Gasteiger partial charge on any atom is 0.347 e. The van der Waals surface area contributed by atoms with E-state index in [9.17, 15) is 4.79 Å². The molecule has 5 nitrogen and oxygen atoms in total. The van der Waals surface area contributed by atoms with Gasteiger partial charge in [-0.2, -0.15) is 0 Å². The number of hydrogen-bond donors (Lipinski definition) is 0. The van der Waals surface area contributed by atoms with Gasteiger partial charge in [0.05, 0.1) is 10.9 Å². The minimum absolute atomic E-state index is 0.279. The maximum absolute atomic E-state index is 12.6. The van der Waals surface area contributed by atoms with Crippen LogP contribution in [0.1, 0.15) is 50.7 Å². The van der Waals surface area contributed by atoms with Crippen LogP contribution in [0.5, 0.6) is 11.5 Å². The molecular weight excluding hydrogens is 342 g/mol. The third-order valence-electron chi connectivity index (χ3n) is 4.89. The summed E-state index contributed by atoms with van der Waals surface area (Å²) in [4.78, 5) is 17.2. The summed E-state index contributed by atoms with van der Waals surface area (Å²) in [6, 6.07) is 9.65. The van der Waals surface area contributed by atoms with Crippen molar-refractivity contribution in [2.45, 2.75) is 39.5 Å². The van der Waals surface area contributed by atoms with Crippen molar-refractivity contribution >= 4 is 10.9 Å². The lowest BCUT2D eigenvalue weighted by molar-refractivity contribution is 0.172. The molecule has 0 atom stereocenters. The van der Waals surface area contributed by atoms with Crippen LogP contribution in [0.3, 0.4) is 0 Å². The molecule has 0 fully saturated rings. The van der Waals surface area contributed by atoms with Gasteiger partial charge in [0.15, 0.2) is 11.5 Å². The van der Waals surface area contributed by atoms with Crippen molar-refractivity contribution in [2.24, 2.45) is 0 Å². The second kappa shape index (κ2) is 6.72. The second-order valence-electron chi connectivity index (χ2n) is 7.48. The Morgan fingerprint density at radius 2 is 1.63 bits per heavy atom. The fraction of sp³-hybridized carbons (Fsp3) is 0.364. The number of fused-ring (bicyclic) bond motifs is 2. The molecule has 140 valence electrons. The van der Waals surface area contributed by atoms with Gasteiger partial charge in [-0.1, -0.05) is 39.8 Å². The predicted molar refractivity (Wildman–Crippen MR) is 105 cm³/mol. The Kier molecular flexibility index (Phi) is 4.38. The summed E-state index contributed by atoms with van der Waals surface area (Å²) in [6.45, 7) is 9.54. The van der Waals surface area contributed by atoms with Gasteiger partial charge in [-0.3, -0.25) is 0 Å². The minimum Gasteiger partial charge on any atom is -0.486 e. The van der Waals surface area contributed by atoms with Crippen molar-refractivity contribution in [3.63, 3.8) is 0 Å². The standard InChI is InChI=1S/C22H23NO4/c1-12(2)14-5-6-15(16(9-14)13(3)4)21-23-18-11-20-19(25-7-8-26-20)10-17(18)22(24)27-21/h5-6,9-13H,7-8H2,1-4H3. The van der Waals surface area contributed by atoms with E-state index in [4.69, 9.17) is 13.9 Å². The fourth-order valence-corrected chi connectivity index (χ4v) is 3.34. The zero-order valence-corrected chi connectivity index (χ0v) is 16.0. The Labute approximate surface area is 157 Å². The van der Waals surface area contributed by atoms with Crippen LogP contribution in [0.25, 0.3) is 22.4 Å². The van der Waals surface area contributed by atoms with Crippen molar-refractivity contribution in [2.75, 3.05) is 13.2 Å². The summed E-state index contributed by atoms with van der Waals surface area (Å²) < 4.78 is 16.8. The van der Waals surface area contributed by atoms with E-state index < -0.39 is 5.63 Å². The number of hydrogen-bond acceptors (Lipinski definition) is 5. The van der Waals surface area contributed by atoms with Gasteiger partial charge in [0, 0.05) is 17.7 Å². The molecule has 1 aromatic heterocycles. The highest BCUT2D eigenvalue weighted by Crippen LogP contribution is 2.35. The Morgan fingerprint density at radius 1 is 0.926 bits per heavy atom. The molecule has 3 aromatic rings. The van der Waals surface area contributed by atoms with E-state index in [1.807, 2.05) is 6.07 Å². The van der Waals surface area contributed by atoms with Crippen LogP contribution in [0.2, 0.25) is 0 Å². The highest BCUT2D eigenvalue weighted by atomic mass is 16.6. The van der Waals surface area contributed by atoms with Crippen molar-refractivity contribution in [3.8, 4) is 23.0 Å². The van der Waals surface area contributed by atoms with Crippen molar-refractivity contribution in [1.29, 1.82) is 0 Å². The molecule has 27 heavy (non-hydrogen) atoms. The molecule has 2 heterocycles. The number of benzene rings is 2. The Morgan fingerprint density at radius 3 is 2.30 bits per heavy atom. The third-order valence-corrected chi connectivity index (χ3v) is 4.89. The predicted octanol–water partition coefficient (Wildman–Crippen LogP) is 4.87. The van der Waals surface area contributed by atoms with Crippen LogP contribution in [-0.4, -0.2) is 18.2 Å². The first-order valence-electron chi connectivity index (χ1n) is 9.32. The quantitative estimate of drug-likeness (QED) is 0.662. The van der Waals surface area contributed by atoms with Crippen LogP contribution < -0.4 is 15.1 Å². The normalized spacial score (nSPS) is 13.6. The van der Waals surface area contributed by atoms with E-state index in [2.05, 4.69) is 44.8 Å². The number of aromatic nitrogens is 1. The highest BCUT2D eigenvalue weighted by Gasteiger charge is 2.19. The molecule has 1 aliphatic heterocycles. The van der Waals surface area contributed by atoms with Crippen molar-refractivity contribution in [1.82, 2.24) is 4.98 Å². The lowest BCUT2D eigenvalue weighted by Gasteiger charge is -2.18. The molecule has 0 radical (unpaired) electrons. The fourth-order valence-electron chi connectivity index (χ4n) is 3.34. The van der Waals surface area contributed by atoms with E-state index in [0.717, 1.165) is 11.1 Å². The summed E-state index contributed by atoms with van der Waals surface area (Å²) in [6.07, 6.45) is 0. The van der Waals surface area contributed by atoms with E-state index in [0.29, 0.717) is 47.4 Å². The molecule has 0 unspecified atom stereocenters. The van der Waals surface area contributed by atoms with Gasteiger partial charge in [-0.15, -0.1) is 0 Å². The van der Waals surface area contributed by atoms with Gasteiger partial charge in [-0.05, 0) is 29.0 Å². The van der Waals surface area contributed by atoms with Crippen LogP contribution in [0.4, 0.5) is 0 Å². The van der Waals surface area contributed by atoms with Crippen LogP contribution >= 0.6 is 0 Å². The average Bonchev–Trinajstić information content (AvgIpc) is 2.66. The SMILES string of the molecule is CC(C)c1ccc(-c2nc3cc4c(cc3c(=O)o2)OCCO4)c(C(C)C)c1. The number of ether oxygens (including phenoxy) is 2. The summed E-state index contributed by atoms with van der Waals surface area (Å²) in [5.41, 5.74) is 3.35. The monoisotopic (exact) mass is 365 g/mol. The maximum atomic E-state index is 12.6. The average molecular weight is 365 g/mol. The molecule has 2 aromatic carbocycles. The molecule has 0 bridgehead atoms. The van der Waals surface area contributed by atoms with Gasteiger partial charge in [0.2, 0.25) is 5.89 Å². The molecule has 0 saturated heterocycles. The Hall–Kier alpha value is -2.82. The summed E-state index contributed by atoms with van der Waals surface area (Å²) in [5.74, 6) is 2.21. The molecule has 4 rings (SSSR count). The van der Waals surface area contributed by atoms with Gasteiger partial charge < -0.3 is 13.9 Å². The molecular formula is C22H23NO4. The summed E-state index contributed by atoms with van der Waals surface area (Å²) in [7, 11) is 0. The Balaban J connectivity index is 1.90. The largest absolute Gasteiger partial charge is 0.486 e. The topological polar surface area (TPSA) is 61.6 Å². The molecule has 0 aliphatic carbocycles. The molecule has 1 aliphatic rings. The summed E-state index contributed by atoms with van der Waals surface area (Å²) >= 11 is 0. The third kappa shape index (κ3) is 3.18. The molecule has 0 spiro atoms. The van der Waals surface area contributed by atoms with E-state index in [-0.39, 0.29) is 5.92 Å². The minimum atomic E-state index is -0.422. The van der Waals surface area contributed by atoms with Crippen molar-refractivity contribution in [3.05, 3.63) is 51.9 Å². The number of rotatable bonds is 3. The lowest BCUT2D eigenvalue weighted by atomic mass is 9.91. The first kappa shape index (κ1) is 17.6. The van der Waals surface area contributed by atoms with Crippen LogP contribution in [0.15, 0.2) is 39.5 Å². The van der Waals surface area contributed by atoms with Gasteiger partial charge in [0.1, 0.15) is 13.2 Å². The summed E-state index contributed by atoms with van der Waals surface area (Å²) in [5, 5.41) is 0.396. The van der Waals surface area contributed by atoms with Crippen LogP contribution in [-0.2, 0) is 0 Å². The first-order chi connectivity index (χ1) is 12.9. The second-order valence-corrected chi connectivity index (χ2v) is 7.48. The van der Waals surface area contributed by atoms with E-state index in [1.165, 1.54) is 5.56 Å². The van der Waals surface area contributed by atoms with Gasteiger partial charge in [-0.25, -0.2) is 9.78 Å². The smallest absolute Gasteiger partial charge is 0.347 e. The Bertz CT molecular complexity index is 1070. The lowest BCUT2D eigenvalue weighted by Crippen LogP contribution is -2.16. The molecule has 0 N–H and O–H groups in total. The number of nitrogens with zero attached hydrogens (tertiary/aromatic N) is 1. The zero-order chi connectivity index (χ0) is 19.1. The molecule has 0 saturated carbocycles. The highest BCUT2D eigenvalue weighted by molar-refractivity contribution is 5.83. The molecule has 0 amide bonds. The van der Waals surface area contributed by atoms with Gasteiger partial charge in [0.25, 0.3) is 0 Å². The van der Waals surface area contributed by atoms with Gasteiger partial charge >= 0.3 is 5.63 Å². The van der Waals surface area contributed by atoms with Crippen molar-refractivity contribution < 1.29 is 13.9 Å².